The summed E-state index contributed by atoms with van der Waals surface area (Å²) in [7, 11) is 0. The van der Waals surface area contributed by atoms with E-state index < -0.39 is 0 Å². The van der Waals surface area contributed by atoms with Crippen LogP contribution >= 0.6 is 46.4 Å². The lowest BCUT2D eigenvalue weighted by Crippen LogP contribution is -2.02. The van der Waals surface area contributed by atoms with Crippen molar-refractivity contribution in [2.75, 3.05) is 6.54 Å². The molecule has 0 amide bonds. The fourth-order valence-corrected chi connectivity index (χ4v) is 2.80. The summed E-state index contributed by atoms with van der Waals surface area (Å²) in [5.74, 6) is 0. The first kappa shape index (κ1) is 15.0. The quantitative estimate of drug-likeness (QED) is 0.740. The lowest BCUT2D eigenvalue weighted by molar-refractivity contribution is 0.969. The van der Waals surface area contributed by atoms with Crippen LogP contribution in [0.2, 0.25) is 20.1 Å². The molecule has 2 aromatic rings. The molecule has 0 aliphatic carbocycles. The number of nitrogens with two attached hydrogens (primary N) is 1. The highest BCUT2D eigenvalue weighted by Crippen LogP contribution is 2.42. The van der Waals surface area contributed by atoms with E-state index >= 15 is 0 Å². The highest BCUT2D eigenvalue weighted by molar-refractivity contribution is 6.46. The number of halogens is 4. The average Bonchev–Trinajstić information content (AvgIpc) is 2.38. The first-order chi connectivity index (χ1) is 9.04. The molecule has 5 heteroatoms. The molecule has 0 saturated carbocycles. The Bertz CT molecular complexity index is 611. The molecule has 100 valence electrons. The zero-order valence-corrected chi connectivity index (χ0v) is 12.9. The summed E-state index contributed by atoms with van der Waals surface area (Å²) in [5.41, 5.74) is 8.06. The van der Waals surface area contributed by atoms with Gasteiger partial charge in [0.15, 0.2) is 0 Å². The molecular weight excluding hydrogens is 324 g/mol. The molecule has 2 aromatic carbocycles. The highest BCUT2D eigenvalue weighted by Gasteiger charge is 2.15. The van der Waals surface area contributed by atoms with E-state index in [0.717, 1.165) is 17.5 Å². The van der Waals surface area contributed by atoms with Gasteiger partial charge in [-0.05, 0) is 42.8 Å². The Balaban J connectivity index is 2.64. The molecule has 2 N–H and O–H groups in total. The van der Waals surface area contributed by atoms with Gasteiger partial charge in [0.25, 0.3) is 0 Å². The van der Waals surface area contributed by atoms with Gasteiger partial charge in [-0.25, -0.2) is 0 Å². The number of rotatable bonds is 3. The van der Waals surface area contributed by atoms with Crippen LogP contribution in [-0.4, -0.2) is 6.54 Å². The van der Waals surface area contributed by atoms with Gasteiger partial charge in [-0.3, -0.25) is 0 Å². The van der Waals surface area contributed by atoms with E-state index in [9.17, 15) is 0 Å². The van der Waals surface area contributed by atoms with E-state index in [4.69, 9.17) is 52.1 Å². The summed E-state index contributed by atoms with van der Waals surface area (Å²) in [6.07, 6.45) is 0.764. The van der Waals surface area contributed by atoms with Crippen molar-refractivity contribution in [1.82, 2.24) is 0 Å². The molecule has 0 aromatic heterocycles. The third-order valence-corrected chi connectivity index (χ3v) is 4.23. The van der Waals surface area contributed by atoms with Crippen molar-refractivity contribution in [3.05, 3.63) is 56.0 Å². The molecule has 0 bridgehead atoms. The minimum atomic E-state index is 0.404. The molecule has 0 heterocycles. The van der Waals surface area contributed by atoms with E-state index in [2.05, 4.69) is 0 Å². The van der Waals surface area contributed by atoms with Crippen LogP contribution in [0.25, 0.3) is 11.1 Å². The molecule has 0 spiro atoms. The molecule has 0 atom stereocenters. The Kier molecular flexibility index (Phi) is 4.99. The second-order valence-electron chi connectivity index (χ2n) is 4.07. The summed E-state index contributed by atoms with van der Waals surface area (Å²) < 4.78 is 0. The topological polar surface area (TPSA) is 26.0 Å². The number of hydrogen-bond donors (Lipinski definition) is 1. The largest absolute Gasteiger partial charge is 0.330 e. The molecule has 2 rings (SSSR count). The highest BCUT2D eigenvalue weighted by atomic mass is 35.5. The fourth-order valence-electron chi connectivity index (χ4n) is 1.86. The Morgan fingerprint density at radius 3 is 2.16 bits per heavy atom. The third kappa shape index (κ3) is 3.18. The molecule has 0 radical (unpaired) electrons. The van der Waals surface area contributed by atoms with E-state index in [-0.39, 0.29) is 0 Å². The Morgan fingerprint density at radius 1 is 0.842 bits per heavy atom. The molecule has 0 unspecified atom stereocenters. The smallest absolute Gasteiger partial charge is 0.0686 e. The van der Waals surface area contributed by atoms with Crippen LogP contribution in [0.15, 0.2) is 30.3 Å². The van der Waals surface area contributed by atoms with Crippen LogP contribution in [0.3, 0.4) is 0 Å². The second kappa shape index (κ2) is 6.34. The lowest BCUT2D eigenvalue weighted by atomic mass is 10.0. The summed E-state index contributed by atoms with van der Waals surface area (Å²) >= 11 is 24.7. The predicted molar refractivity (Wildman–Crippen MR) is 84.7 cm³/mol. The summed E-state index contributed by atoms with van der Waals surface area (Å²) in [6.45, 7) is 0.568. The standard InChI is InChI=1S/C14H11Cl4N/c15-10-2-1-8(5-6-19)7-9(10)13-11(16)3-4-12(17)14(13)18/h1-4,7H,5-6,19H2. The van der Waals surface area contributed by atoms with E-state index in [1.807, 2.05) is 18.2 Å². The lowest BCUT2D eigenvalue weighted by Gasteiger charge is -2.12. The van der Waals surface area contributed by atoms with Crippen molar-refractivity contribution in [2.24, 2.45) is 5.73 Å². The first-order valence-corrected chi connectivity index (χ1v) is 7.18. The van der Waals surface area contributed by atoms with Crippen LogP contribution in [0.4, 0.5) is 0 Å². The number of benzene rings is 2. The summed E-state index contributed by atoms with van der Waals surface area (Å²) in [5, 5.41) is 1.94. The maximum atomic E-state index is 6.24. The molecular formula is C14H11Cl4N. The Hall–Kier alpha value is -0.440. The van der Waals surface area contributed by atoms with Gasteiger partial charge in [0.2, 0.25) is 0 Å². The number of hydrogen-bond acceptors (Lipinski definition) is 1. The van der Waals surface area contributed by atoms with Crippen molar-refractivity contribution < 1.29 is 0 Å². The minimum absolute atomic E-state index is 0.404. The van der Waals surface area contributed by atoms with Gasteiger partial charge in [-0.2, -0.15) is 0 Å². The van der Waals surface area contributed by atoms with Gasteiger partial charge < -0.3 is 5.73 Å². The second-order valence-corrected chi connectivity index (χ2v) is 5.67. The van der Waals surface area contributed by atoms with Crippen LogP contribution in [0, 0.1) is 0 Å². The molecule has 0 saturated heterocycles. The normalized spacial score (nSPS) is 10.8. The van der Waals surface area contributed by atoms with Gasteiger partial charge >= 0.3 is 0 Å². The van der Waals surface area contributed by atoms with E-state index in [0.29, 0.717) is 32.2 Å². The Labute approximate surface area is 132 Å². The van der Waals surface area contributed by atoms with Crippen LogP contribution in [-0.2, 0) is 6.42 Å². The maximum Gasteiger partial charge on any atom is 0.0686 e. The van der Waals surface area contributed by atoms with Crippen molar-refractivity contribution in [1.29, 1.82) is 0 Å². The van der Waals surface area contributed by atoms with Crippen molar-refractivity contribution in [3.63, 3.8) is 0 Å². The molecule has 0 fully saturated rings. The molecule has 19 heavy (non-hydrogen) atoms. The van der Waals surface area contributed by atoms with E-state index in [1.165, 1.54) is 0 Å². The monoisotopic (exact) mass is 333 g/mol. The average molecular weight is 335 g/mol. The van der Waals surface area contributed by atoms with E-state index in [1.54, 1.807) is 12.1 Å². The first-order valence-electron chi connectivity index (χ1n) is 5.67. The fraction of sp³-hybridized carbons (Fsp3) is 0.143. The van der Waals surface area contributed by atoms with Crippen LogP contribution in [0.1, 0.15) is 5.56 Å². The van der Waals surface area contributed by atoms with Crippen LogP contribution in [0.5, 0.6) is 0 Å². The summed E-state index contributed by atoms with van der Waals surface area (Å²) in [6, 6.07) is 9.06. The minimum Gasteiger partial charge on any atom is -0.330 e. The van der Waals surface area contributed by atoms with Gasteiger partial charge in [0.05, 0.1) is 15.1 Å². The van der Waals surface area contributed by atoms with Gasteiger partial charge in [-0.1, -0.05) is 52.5 Å². The SMILES string of the molecule is NCCc1ccc(Cl)c(-c2c(Cl)ccc(Cl)c2Cl)c1. The predicted octanol–water partition coefficient (Wildman–Crippen LogP) is 5.47. The Morgan fingerprint density at radius 2 is 1.47 bits per heavy atom. The third-order valence-electron chi connectivity index (χ3n) is 2.78. The molecule has 1 nitrogen and oxygen atoms in total. The molecule has 0 aliphatic rings. The van der Waals surface area contributed by atoms with Gasteiger partial charge in [0.1, 0.15) is 0 Å². The molecule has 0 aliphatic heterocycles. The van der Waals surface area contributed by atoms with Gasteiger partial charge in [-0.15, -0.1) is 0 Å². The van der Waals surface area contributed by atoms with Crippen molar-refractivity contribution in [3.8, 4) is 11.1 Å². The maximum absolute atomic E-state index is 6.24. The van der Waals surface area contributed by atoms with Crippen molar-refractivity contribution in [2.45, 2.75) is 6.42 Å². The summed E-state index contributed by atoms with van der Waals surface area (Å²) in [4.78, 5) is 0. The zero-order chi connectivity index (χ0) is 14.0. The van der Waals surface area contributed by atoms with Crippen molar-refractivity contribution >= 4 is 46.4 Å². The zero-order valence-electron chi connectivity index (χ0n) is 9.89. The van der Waals surface area contributed by atoms with Gasteiger partial charge in [0, 0.05) is 16.1 Å². The van der Waals surface area contributed by atoms with Crippen LogP contribution < -0.4 is 5.73 Å².